The minimum atomic E-state index is 0.00103. The Bertz CT molecular complexity index is 631. The maximum Gasteiger partial charge on any atom is 0.128 e. The molecule has 3 N–H and O–H groups in total. The molecule has 0 saturated carbocycles. The first-order chi connectivity index (χ1) is 10.1. The molecule has 5 heteroatoms. The molecule has 1 aromatic heterocycles. The van der Waals surface area contributed by atoms with E-state index in [-0.39, 0.29) is 6.04 Å². The van der Waals surface area contributed by atoms with E-state index in [0.717, 1.165) is 32.6 Å². The molecule has 0 aliphatic rings. The molecule has 0 spiro atoms. The van der Waals surface area contributed by atoms with Gasteiger partial charge in [-0.05, 0) is 31.5 Å². The van der Waals surface area contributed by atoms with Crippen molar-refractivity contribution >= 4 is 15.9 Å². The fraction of sp³-hybridized carbons (Fsp3) is 0.312. The van der Waals surface area contributed by atoms with Crippen LogP contribution in [0.1, 0.15) is 28.4 Å². The second-order valence-electron chi connectivity index (χ2n) is 5.02. The van der Waals surface area contributed by atoms with Crippen molar-refractivity contribution in [2.75, 3.05) is 7.11 Å². The number of hydrogen-bond acceptors (Lipinski definition) is 4. The molecule has 0 aliphatic carbocycles. The van der Waals surface area contributed by atoms with E-state index in [2.05, 4.69) is 38.5 Å². The summed E-state index contributed by atoms with van der Waals surface area (Å²) in [6.07, 6.45) is 2.55. The Kier molecular flexibility index (Phi) is 5.33. The zero-order valence-electron chi connectivity index (χ0n) is 12.5. The van der Waals surface area contributed by atoms with Crippen LogP contribution in [0.5, 0.6) is 5.75 Å². The third kappa shape index (κ3) is 3.61. The van der Waals surface area contributed by atoms with E-state index in [0.29, 0.717) is 6.42 Å². The number of benzene rings is 1. The lowest BCUT2D eigenvalue weighted by Gasteiger charge is -2.19. The number of ether oxygens (including phenoxy) is 1. The Balaban J connectivity index is 2.31. The molecule has 4 nitrogen and oxygen atoms in total. The van der Waals surface area contributed by atoms with Crippen LogP contribution in [0.3, 0.4) is 0 Å². The molecule has 2 rings (SSSR count). The van der Waals surface area contributed by atoms with E-state index in [1.807, 2.05) is 32.2 Å². The van der Waals surface area contributed by atoms with Gasteiger partial charge in [-0.1, -0.05) is 28.1 Å². The van der Waals surface area contributed by atoms with Crippen LogP contribution < -0.4 is 16.0 Å². The second kappa shape index (κ2) is 7.02. The van der Waals surface area contributed by atoms with E-state index in [1.165, 1.54) is 0 Å². The van der Waals surface area contributed by atoms with Crippen molar-refractivity contribution in [3.63, 3.8) is 0 Å². The summed E-state index contributed by atoms with van der Waals surface area (Å²) in [5, 5.41) is 0. The zero-order valence-corrected chi connectivity index (χ0v) is 14.1. The smallest absolute Gasteiger partial charge is 0.128 e. The topological polar surface area (TPSA) is 60.2 Å². The number of methoxy groups -OCH3 is 1. The van der Waals surface area contributed by atoms with Gasteiger partial charge >= 0.3 is 0 Å². The fourth-order valence-corrected chi connectivity index (χ4v) is 2.88. The lowest BCUT2D eigenvalue weighted by atomic mass is 9.99. The van der Waals surface area contributed by atoms with Crippen LogP contribution >= 0.6 is 15.9 Å². The largest absolute Gasteiger partial charge is 0.496 e. The molecule has 2 aromatic rings. The molecule has 1 heterocycles. The first-order valence-electron chi connectivity index (χ1n) is 6.77. The Morgan fingerprint density at radius 1 is 1.38 bits per heavy atom. The maximum atomic E-state index is 5.73. The number of rotatable bonds is 5. The van der Waals surface area contributed by atoms with E-state index in [1.54, 1.807) is 7.11 Å². The number of nitrogens with zero attached hydrogens (tertiary/aromatic N) is 1. The summed E-state index contributed by atoms with van der Waals surface area (Å²) >= 11 is 3.49. The van der Waals surface area contributed by atoms with Crippen molar-refractivity contribution < 1.29 is 4.74 Å². The predicted molar refractivity (Wildman–Crippen MR) is 88.2 cm³/mol. The second-order valence-corrected chi connectivity index (χ2v) is 5.94. The van der Waals surface area contributed by atoms with Crippen molar-refractivity contribution in [2.24, 2.45) is 5.84 Å². The van der Waals surface area contributed by atoms with E-state index in [4.69, 9.17) is 10.6 Å². The summed E-state index contributed by atoms with van der Waals surface area (Å²) in [5.41, 5.74) is 7.08. The van der Waals surface area contributed by atoms with Crippen molar-refractivity contribution in [1.29, 1.82) is 0 Å². The molecule has 1 unspecified atom stereocenters. The highest BCUT2D eigenvalue weighted by molar-refractivity contribution is 9.10. The minimum Gasteiger partial charge on any atom is -0.496 e. The normalized spacial score (nSPS) is 12.2. The van der Waals surface area contributed by atoms with Crippen LogP contribution in [0.2, 0.25) is 0 Å². The van der Waals surface area contributed by atoms with Gasteiger partial charge in [0, 0.05) is 33.9 Å². The number of aryl methyl sites for hydroxylation is 1. The Morgan fingerprint density at radius 3 is 2.76 bits per heavy atom. The molecule has 112 valence electrons. The number of nitrogens with one attached hydrogen (secondary N) is 1. The van der Waals surface area contributed by atoms with Gasteiger partial charge in [0.1, 0.15) is 5.75 Å². The molecule has 0 aliphatic heterocycles. The molecule has 1 aromatic carbocycles. The van der Waals surface area contributed by atoms with Gasteiger partial charge < -0.3 is 4.74 Å². The predicted octanol–water partition coefficient (Wildman–Crippen LogP) is 3.22. The lowest BCUT2D eigenvalue weighted by Crippen LogP contribution is -2.30. The number of hydrazine groups is 1. The highest BCUT2D eigenvalue weighted by Gasteiger charge is 2.16. The fourth-order valence-electron chi connectivity index (χ4n) is 2.47. The Labute approximate surface area is 133 Å². The average molecular weight is 350 g/mol. The number of halogens is 1. The molecule has 0 amide bonds. The zero-order chi connectivity index (χ0) is 15.4. The molecule has 0 radical (unpaired) electrons. The van der Waals surface area contributed by atoms with E-state index < -0.39 is 0 Å². The van der Waals surface area contributed by atoms with Crippen LogP contribution in [0.25, 0.3) is 0 Å². The molecular formula is C16H20BrN3O. The molecule has 0 saturated heterocycles. The summed E-state index contributed by atoms with van der Waals surface area (Å²) in [4.78, 5) is 4.53. The van der Waals surface area contributed by atoms with Crippen LogP contribution in [0.15, 0.2) is 34.9 Å². The first-order valence-corrected chi connectivity index (χ1v) is 7.56. The average Bonchev–Trinajstić information content (AvgIpc) is 2.47. The minimum absolute atomic E-state index is 0.00103. The Hall–Kier alpha value is -1.43. The standard InChI is InChI=1S/C16H20BrN3O/c1-10-9-19-14(11(2)16(10)21-3)8-15(20-18)12-5-4-6-13(17)7-12/h4-7,9,15,20H,8,18H2,1-3H3. The van der Waals surface area contributed by atoms with Gasteiger partial charge in [0.25, 0.3) is 0 Å². The van der Waals surface area contributed by atoms with Crippen molar-refractivity contribution in [3.05, 3.63) is 57.3 Å². The van der Waals surface area contributed by atoms with Gasteiger partial charge in [-0.2, -0.15) is 0 Å². The third-order valence-electron chi connectivity index (χ3n) is 3.60. The van der Waals surface area contributed by atoms with Gasteiger partial charge in [0.15, 0.2) is 0 Å². The lowest BCUT2D eigenvalue weighted by molar-refractivity contribution is 0.406. The SMILES string of the molecule is COc1c(C)cnc(CC(NN)c2cccc(Br)c2)c1C. The molecule has 21 heavy (non-hydrogen) atoms. The third-order valence-corrected chi connectivity index (χ3v) is 4.09. The van der Waals surface area contributed by atoms with Gasteiger partial charge in [-0.25, -0.2) is 0 Å². The number of pyridine rings is 1. The highest BCUT2D eigenvalue weighted by Crippen LogP contribution is 2.27. The van der Waals surface area contributed by atoms with Gasteiger partial charge in [0.05, 0.1) is 13.2 Å². The molecule has 0 bridgehead atoms. The van der Waals surface area contributed by atoms with Crippen molar-refractivity contribution in [2.45, 2.75) is 26.3 Å². The van der Waals surface area contributed by atoms with E-state index in [9.17, 15) is 0 Å². The number of aromatic nitrogens is 1. The van der Waals surface area contributed by atoms with Gasteiger partial charge in [-0.15, -0.1) is 0 Å². The maximum absolute atomic E-state index is 5.73. The molecule has 1 atom stereocenters. The highest BCUT2D eigenvalue weighted by atomic mass is 79.9. The van der Waals surface area contributed by atoms with Gasteiger partial charge in [0.2, 0.25) is 0 Å². The van der Waals surface area contributed by atoms with Crippen molar-refractivity contribution in [1.82, 2.24) is 10.4 Å². The van der Waals surface area contributed by atoms with E-state index >= 15 is 0 Å². The summed E-state index contributed by atoms with van der Waals surface area (Å²) in [6, 6.07) is 8.11. The molecular weight excluding hydrogens is 330 g/mol. The van der Waals surface area contributed by atoms with Crippen LogP contribution in [-0.4, -0.2) is 12.1 Å². The summed E-state index contributed by atoms with van der Waals surface area (Å²) < 4.78 is 6.49. The van der Waals surface area contributed by atoms with Crippen LogP contribution in [-0.2, 0) is 6.42 Å². The van der Waals surface area contributed by atoms with Gasteiger partial charge in [-0.3, -0.25) is 16.3 Å². The summed E-state index contributed by atoms with van der Waals surface area (Å²) in [7, 11) is 1.69. The van der Waals surface area contributed by atoms with Crippen molar-refractivity contribution in [3.8, 4) is 5.75 Å². The summed E-state index contributed by atoms with van der Waals surface area (Å²) in [5.74, 6) is 6.62. The number of hydrogen-bond donors (Lipinski definition) is 2. The first kappa shape index (κ1) is 15.9. The monoisotopic (exact) mass is 349 g/mol. The Morgan fingerprint density at radius 2 is 2.14 bits per heavy atom. The quantitative estimate of drug-likeness (QED) is 0.642. The van der Waals surface area contributed by atoms with Crippen LogP contribution in [0, 0.1) is 13.8 Å². The van der Waals surface area contributed by atoms with Crippen LogP contribution in [0.4, 0.5) is 0 Å². The molecule has 0 fully saturated rings. The summed E-state index contributed by atoms with van der Waals surface area (Å²) in [6.45, 7) is 4.03. The number of nitrogens with two attached hydrogens (primary N) is 1.